The van der Waals surface area contributed by atoms with Crippen LogP contribution in [0, 0.1) is 6.92 Å². The molecule has 6 heteroatoms. The standard InChI is InChI=1S/C14H12N4O2/c1-9-16-13(20-18-9)8-15-14(19)12-7-6-10-4-2-3-5-11(10)17-12/h2-7H,8H2,1H3,(H,15,19). The quantitative estimate of drug-likeness (QED) is 0.784. The number of carbonyl (C=O) groups excluding carboxylic acids is 1. The van der Waals surface area contributed by atoms with E-state index in [4.69, 9.17) is 4.52 Å². The number of hydrogen-bond acceptors (Lipinski definition) is 5. The van der Waals surface area contributed by atoms with Gasteiger partial charge in [0.15, 0.2) is 5.82 Å². The lowest BCUT2D eigenvalue weighted by atomic mass is 10.2. The van der Waals surface area contributed by atoms with Crippen molar-refractivity contribution in [2.45, 2.75) is 13.5 Å². The molecule has 1 N–H and O–H groups in total. The van der Waals surface area contributed by atoms with Gasteiger partial charge >= 0.3 is 0 Å². The van der Waals surface area contributed by atoms with Gasteiger partial charge in [0.25, 0.3) is 5.91 Å². The summed E-state index contributed by atoms with van der Waals surface area (Å²) in [5.74, 6) is 0.640. The molecule has 0 saturated carbocycles. The van der Waals surface area contributed by atoms with Crippen LogP contribution in [-0.2, 0) is 6.54 Å². The number of nitrogens with zero attached hydrogens (tertiary/aromatic N) is 3. The Hall–Kier alpha value is -2.76. The number of pyridine rings is 1. The minimum Gasteiger partial charge on any atom is -0.342 e. The number of amides is 1. The molecule has 6 nitrogen and oxygen atoms in total. The van der Waals surface area contributed by atoms with Crippen molar-refractivity contribution in [3.63, 3.8) is 0 Å². The molecule has 0 radical (unpaired) electrons. The molecule has 0 aliphatic carbocycles. The van der Waals surface area contributed by atoms with E-state index in [2.05, 4.69) is 20.4 Å². The first-order valence-electron chi connectivity index (χ1n) is 6.15. The van der Waals surface area contributed by atoms with Crippen molar-refractivity contribution in [2.75, 3.05) is 0 Å². The van der Waals surface area contributed by atoms with Gasteiger partial charge in [-0.15, -0.1) is 0 Å². The van der Waals surface area contributed by atoms with Crippen molar-refractivity contribution in [1.29, 1.82) is 0 Å². The third-order valence-electron chi connectivity index (χ3n) is 2.80. The van der Waals surface area contributed by atoms with Crippen LogP contribution in [0.3, 0.4) is 0 Å². The summed E-state index contributed by atoms with van der Waals surface area (Å²) in [6.45, 7) is 1.91. The Morgan fingerprint density at radius 2 is 2.05 bits per heavy atom. The molecule has 0 bridgehead atoms. The fourth-order valence-electron chi connectivity index (χ4n) is 1.85. The lowest BCUT2D eigenvalue weighted by Crippen LogP contribution is -2.23. The summed E-state index contributed by atoms with van der Waals surface area (Å²) in [7, 11) is 0. The van der Waals surface area contributed by atoms with E-state index in [0.29, 0.717) is 17.4 Å². The summed E-state index contributed by atoms with van der Waals surface area (Å²) in [5, 5.41) is 7.35. The maximum atomic E-state index is 12.0. The maximum Gasteiger partial charge on any atom is 0.270 e. The van der Waals surface area contributed by atoms with Gasteiger partial charge in [0.2, 0.25) is 5.89 Å². The molecule has 0 aliphatic heterocycles. The molecule has 1 aromatic carbocycles. The third kappa shape index (κ3) is 2.49. The van der Waals surface area contributed by atoms with Gasteiger partial charge in [0.1, 0.15) is 5.69 Å². The minimum absolute atomic E-state index is 0.189. The van der Waals surface area contributed by atoms with Gasteiger partial charge in [-0.25, -0.2) is 4.98 Å². The lowest BCUT2D eigenvalue weighted by Gasteiger charge is -2.03. The molecule has 20 heavy (non-hydrogen) atoms. The van der Waals surface area contributed by atoms with Crippen molar-refractivity contribution in [3.05, 3.63) is 53.8 Å². The first-order chi connectivity index (χ1) is 9.72. The van der Waals surface area contributed by atoms with Crippen LogP contribution in [0.4, 0.5) is 0 Å². The van der Waals surface area contributed by atoms with Crippen molar-refractivity contribution < 1.29 is 9.32 Å². The average molecular weight is 268 g/mol. The van der Waals surface area contributed by atoms with Crippen molar-refractivity contribution in [3.8, 4) is 0 Å². The van der Waals surface area contributed by atoms with Gasteiger partial charge in [-0.1, -0.05) is 29.4 Å². The van der Waals surface area contributed by atoms with E-state index in [9.17, 15) is 4.79 Å². The molecule has 3 aromatic rings. The Kier molecular flexibility index (Phi) is 3.12. The third-order valence-corrected chi connectivity index (χ3v) is 2.80. The molecule has 0 unspecified atom stereocenters. The van der Waals surface area contributed by atoms with Crippen LogP contribution in [0.25, 0.3) is 10.9 Å². The summed E-state index contributed by atoms with van der Waals surface area (Å²) < 4.78 is 4.92. The zero-order valence-corrected chi connectivity index (χ0v) is 10.8. The van der Waals surface area contributed by atoms with Crippen LogP contribution < -0.4 is 5.32 Å². The van der Waals surface area contributed by atoms with E-state index in [1.807, 2.05) is 30.3 Å². The number of para-hydroxylation sites is 1. The molecule has 0 spiro atoms. The highest BCUT2D eigenvalue weighted by molar-refractivity contribution is 5.94. The second-order valence-corrected chi connectivity index (χ2v) is 4.31. The lowest BCUT2D eigenvalue weighted by molar-refractivity contribution is 0.0941. The normalized spacial score (nSPS) is 10.7. The molecule has 0 atom stereocenters. The van der Waals surface area contributed by atoms with Gasteiger partial charge < -0.3 is 9.84 Å². The second kappa shape index (κ2) is 5.08. The highest BCUT2D eigenvalue weighted by Gasteiger charge is 2.10. The fourth-order valence-corrected chi connectivity index (χ4v) is 1.85. The van der Waals surface area contributed by atoms with Crippen LogP contribution in [0.15, 0.2) is 40.9 Å². The summed E-state index contributed by atoms with van der Waals surface area (Å²) in [6, 6.07) is 11.2. The minimum atomic E-state index is -0.272. The van der Waals surface area contributed by atoms with Crippen LogP contribution in [0.1, 0.15) is 22.2 Å². The summed E-state index contributed by atoms with van der Waals surface area (Å²) in [6.07, 6.45) is 0. The van der Waals surface area contributed by atoms with E-state index in [1.165, 1.54) is 0 Å². The largest absolute Gasteiger partial charge is 0.342 e. The first-order valence-corrected chi connectivity index (χ1v) is 6.15. The Labute approximate surface area is 114 Å². The molecule has 0 saturated heterocycles. The monoisotopic (exact) mass is 268 g/mol. The van der Waals surface area contributed by atoms with Gasteiger partial charge in [-0.2, -0.15) is 4.98 Å². The predicted molar refractivity (Wildman–Crippen MR) is 71.9 cm³/mol. The van der Waals surface area contributed by atoms with Crippen LogP contribution >= 0.6 is 0 Å². The zero-order valence-electron chi connectivity index (χ0n) is 10.8. The predicted octanol–water partition coefficient (Wildman–Crippen LogP) is 1.86. The Morgan fingerprint density at radius 1 is 1.20 bits per heavy atom. The Balaban J connectivity index is 1.75. The number of nitrogens with one attached hydrogen (secondary N) is 1. The summed E-state index contributed by atoms with van der Waals surface area (Å²) in [5.41, 5.74) is 1.15. The van der Waals surface area contributed by atoms with Gasteiger partial charge in [0.05, 0.1) is 12.1 Å². The number of aryl methyl sites for hydroxylation is 1. The molecule has 2 heterocycles. The molecular weight excluding hydrogens is 256 g/mol. The van der Waals surface area contributed by atoms with Crippen LogP contribution in [0.2, 0.25) is 0 Å². The van der Waals surface area contributed by atoms with E-state index < -0.39 is 0 Å². The summed E-state index contributed by atoms with van der Waals surface area (Å²) >= 11 is 0. The zero-order chi connectivity index (χ0) is 13.9. The van der Waals surface area contributed by atoms with Gasteiger partial charge in [-0.3, -0.25) is 4.79 Å². The van der Waals surface area contributed by atoms with Crippen LogP contribution in [-0.4, -0.2) is 21.0 Å². The van der Waals surface area contributed by atoms with Gasteiger partial charge in [-0.05, 0) is 19.1 Å². The molecular formula is C14H12N4O2. The SMILES string of the molecule is Cc1noc(CNC(=O)c2ccc3ccccc3n2)n1. The van der Waals surface area contributed by atoms with E-state index >= 15 is 0 Å². The molecule has 1 amide bonds. The van der Waals surface area contributed by atoms with Crippen LogP contribution in [0.5, 0.6) is 0 Å². The van der Waals surface area contributed by atoms with E-state index in [-0.39, 0.29) is 12.5 Å². The fraction of sp³-hybridized carbons (Fsp3) is 0.143. The number of aromatic nitrogens is 3. The van der Waals surface area contributed by atoms with E-state index in [0.717, 1.165) is 10.9 Å². The van der Waals surface area contributed by atoms with E-state index in [1.54, 1.807) is 13.0 Å². The number of benzene rings is 1. The van der Waals surface area contributed by atoms with Crippen molar-refractivity contribution in [2.24, 2.45) is 0 Å². The topological polar surface area (TPSA) is 80.9 Å². The highest BCUT2D eigenvalue weighted by Crippen LogP contribution is 2.11. The molecule has 0 fully saturated rings. The maximum absolute atomic E-state index is 12.0. The number of hydrogen-bond donors (Lipinski definition) is 1. The first kappa shape index (κ1) is 12.3. The van der Waals surface area contributed by atoms with Crippen molar-refractivity contribution in [1.82, 2.24) is 20.4 Å². The second-order valence-electron chi connectivity index (χ2n) is 4.31. The molecule has 3 rings (SSSR count). The average Bonchev–Trinajstić information content (AvgIpc) is 2.90. The number of rotatable bonds is 3. The smallest absolute Gasteiger partial charge is 0.270 e. The summed E-state index contributed by atoms with van der Waals surface area (Å²) in [4.78, 5) is 20.3. The highest BCUT2D eigenvalue weighted by atomic mass is 16.5. The molecule has 100 valence electrons. The molecule has 0 aliphatic rings. The Bertz CT molecular complexity index is 766. The number of fused-ring (bicyclic) bond motifs is 1. The van der Waals surface area contributed by atoms with Gasteiger partial charge in [0, 0.05) is 5.39 Å². The molecule has 2 aromatic heterocycles. The van der Waals surface area contributed by atoms with Crippen molar-refractivity contribution >= 4 is 16.8 Å². The Morgan fingerprint density at radius 3 is 2.85 bits per heavy atom. The number of carbonyl (C=O) groups is 1.